The van der Waals surface area contributed by atoms with E-state index < -0.39 is 10.8 Å². The van der Waals surface area contributed by atoms with Crippen LogP contribution in [0.1, 0.15) is 19.8 Å². The van der Waals surface area contributed by atoms with E-state index in [9.17, 15) is 9.00 Å². The van der Waals surface area contributed by atoms with E-state index in [0.29, 0.717) is 19.0 Å². The van der Waals surface area contributed by atoms with Crippen molar-refractivity contribution in [3.8, 4) is 0 Å². The van der Waals surface area contributed by atoms with Gasteiger partial charge in [-0.2, -0.15) is 0 Å². The summed E-state index contributed by atoms with van der Waals surface area (Å²) >= 11 is 0. The molecule has 1 saturated heterocycles. The van der Waals surface area contributed by atoms with E-state index in [0.717, 1.165) is 12.8 Å². The van der Waals surface area contributed by atoms with Gasteiger partial charge in [0.15, 0.2) is 5.78 Å². The fourth-order valence-electron chi connectivity index (χ4n) is 1.36. The number of hydrogen-bond donors (Lipinski definition) is 0. The van der Waals surface area contributed by atoms with Crippen molar-refractivity contribution in [2.45, 2.75) is 19.8 Å². The van der Waals surface area contributed by atoms with E-state index in [2.05, 4.69) is 0 Å². The average molecular weight is 204 g/mol. The summed E-state index contributed by atoms with van der Waals surface area (Å²) in [5, 5.41) is 0. The Labute approximate surface area is 81.3 Å². The van der Waals surface area contributed by atoms with Gasteiger partial charge in [0.25, 0.3) is 0 Å². The molecule has 13 heavy (non-hydrogen) atoms. The summed E-state index contributed by atoms with van der Waals surface area (Å²) in [4.78, 5) is 11.5. The van der Waals surface area contributed by atoms with Gasteiger partial charge in [-0.05, 0) is 12.8 Å². The van der Waals surface area contributed by atoms with E-state index in [1.807, 2.05) is 6.92 Å². The zero-order valence-corrected chi connectivity index (χ0v) is 8.77. The van der Waals surface area contributed by atoms with Crippen molar-refractivity contribution in [3.63, 3.8) is 0 Å². The predicted octanol–water partition coefficient (Wildman–Crippen LogP) is 0.751. The van der Waals surface area contributed by atoms with Gasteiger partial charge in [0.1, 0.15) is 0 Å². The van der Waals surface area contributed by atoms with Crippen molar-refractivity contribution < 1.29 is 13.7 Å². The highest BCUT2D eigenvalue weighted by molar-refractivity contribution is 7.85. The first-order valence-electron chi connectivity index (χ1n) is 4.69. The fraction of sp³-hybridized carbons (Fsp3) is 0.889. The van der Waals surface area contributed by atoms with Crippen LogP contribution in [0.4, 0.5) is 0 Å². The molecular weight excluding hydrogens is 188 g/mol. The Hall–Kier alpha value is -0.220. The third kappa shape index (κ3) is 3.56. The lowest BCUT2D eigenvalue weighted by Gasteiger charge is -2.05. The number of ether oxygens (including phenoxy) is 1. The molecule has 76 valence electrons. The lowest BCUT2D eigenvalue weighted by atomic mass is 10.1. The molecule has 0 bridgehead atoms. The maximum absolute atomic E-state index is 11.5. The van der Waals surface area contributed by atoms with Gasteiger partial charge in [0, 0.05) is 29.1 Å². The third-order valence-corrected chi connectivity index (χ3v) is 3.59. The summed E-state index contributed by atoms with van der Waals surface area (Å²) in [5.41, 5.74) is 0. The summed E-state index contributed by atoms with van der Waals surface area (Å²) in [6.07, 6.45) is 1.68. The van der Waals surface area contributed by atoms with Gasteiger partial charge in [-0.25, -0.2) is 0 Å². The second-order valence-electron chi connectivity index (χ2n) is 3.32. The molecule has 2 atom stereocenters. The molecule has 1 fully saturated rings. The van der Waals surface area contributed by atoms with E-state index >= 15 is 0 Å². The molecule has 0 amide bonds. The Morgan fingerprint density at radius 1 is 1.62 bits per heavy atom. The van der Waals surface area contributed by atoms with Gasteiger partial charge in [0.2, 0.25) is 0 Å². The Balaban J connectivity index is 2.27. The summed E-state index contributed by atoms with van der Waals surface area (Å²) in [5.74, 6) is 0.992. The number of hydrogen-bond acceptors (Lipinski definition) is 3. The van der Waals surface area contributed by atoms with Crippen LogP contribution in [0.25, 0.3) is 0 Å². The Morgan fingerprint density at radius 2 is 2.38 bits per heavy atom. The number of ketones is 1. The molecule has 1 aliphatic rings. The molecule has 0 aromatic heterocycles. The van der Waals surface area contributed by atoms with Gasteiger partial charge >= 0.3 is 0 Å². The van der Waals surface area contributed by atoms with Crippen LogP contribution in [0.3, 0.4) is 0 Å². The topological polar surface area (TPSA) is 43.4 Å². The summed E-state index contributed by atoms with van der Waals surface area (Å²) < 4.78 is 16.4. The minimum Gasteiger partial charge on any atom is -0.381 e. The normalized spacial score (nSPS) is 24.5. The number of carbonyl (C=O) groups is 1. The van der Waals surface area contributed by atoms with Gasteiger partial charge in [-0.3, -0.25) is 9.00 Å². The van der Waals surface area contributed by atoms with Crippen molar-refractivity contribution in [1.82, 2.24) is 0 Å². The molecule has 1 aliphatic heterocycles. The van der Waals surface area contributed by atoms with E-state index in [1.165, 1.54) is 0 Å². The second kappa shape index (κ2) is 5.50. The molecule has 0 saturated carbocycles. The molecule has 0 aromatic rings. The van der Waals surface area contributed by atoms with Crippen molar-refractivity contribution >= 4 is 16.6 Å². The highest BCUT2D eigenvalue weighted by Crippen LogP contribution is 2.13. The van der Waals surface area contributed by atoms with Crippen molar-refractivity contribution in [2.75, 3.05) is 24.7 Å². The molecule has 1 heterocycles. The smallest absolute Gasteiger partial charge is 0.150 e. The molecule has 2 unspecified atom stereocenters. The summed E-state index contributed by atoms with van der Waals surface area (Å²) in [6, 6.07) is 0. The molecule has 0 radical (unpaired) electrons. The summed E-state index contributed by atoms with van der Waals surface area (Å²) in [6.45, 7) is 3.18. The molecule has 4 heteroatoms. The largest absolute Gasteiger partial charge is 0.381 e. The molecule has 0 aromatic carbocycles. The monoisotopic (exact) mass is 204 g/mol. The van der Waals surface area contributed by atoms with Crippen LogP contribution < -0.4 is 0 Å². The minimum atomic E-state index is -0.951. The van der Waals surface area contributed by atoms with E-state index in [-0.39, 0.29) is 17.5 Å². The maximum Gasteiger partial charge on any atom is 0.150 e. The zero-order valence-electron chi connectivity index (χ0n) is 7.95. The van der Waals surface area contributed by atoms with Gasteiger partial charge in [-0.1, -0.05) is 6.92 Å². The molecule has 3 nitrogen and oxygen atoms in total. The van der Waals surface area contributed by atoms with Gasteiger partial charge < -0.3 is 4.74 Å². The van der Waals surface area contributed by atoms with Crippen molar-refractivity contribution in [3.05, 3.63) is 0 Å². The quantitative estimate of drug-likeness (QED) is 0.663. The van der Waals surface area contributed by atoms with Crippen LogP contribution in [0.5, 0.6) is 0 Å². The fourth-order valence-corrected chi connectivity index (χ4v) is 2.52. The van der Waals surface area contributed by atoms with Crippen LogP contribution in [0.2, 0.25) is 0 Å². The first-order valence-corrected chi connectivity index (χ1v) is 6.18. The number of rotatable bonds is 5. The lowest BCUT2D eigenvalue weighted by molar-refractivity contribution is -0.120. The molecule has 0 spiro atoms. The Kier molecular flexibility index (Phi) is 4.59. The standard InChI is InChI=1S/C9H16O3S/c1-2-5-13(11)7-9(10)8-3-4-12-6-8/h8H,2-7H2,1H3. The van der Waals surface area contributed by atoms with Crippen LogP contribution in [-0.2, 0) is 20.3 Å². The van der Waals surface area contributed by atoms with Crippen molar-refractivity contribution in [1.29, 1.82) is 0 Å². The first-order chi connectivity index (χ1) is 6.24. The molecule has 0 aliphatic carbocycles. The average Bonchev–Trinajstić information content (AvgIpc) is 2.55. The predicted molar refractivity (Wildman–Crippen MR) is 52.1 cm³/mol. The number of carbonyl (C=O) groups excluding carboxylic acids is 1. The summed E-state index contributed by atoms with van der Waals surface area (Å²) in [7, 11) is -0.951. The minimum absolute atomic E-state index is 0.0146. The highest BCUT2D eigenvalue weighted by atomic mass is 32.2. The van der Waals surface area contributed by atoms with E-state index in [4.69, 9.17) is 4.74 Å². The van der Waals surface area contributed by atoms with Gasteiger partial charge in [0.05, 0.1) is 12.4 Å². The number of Topliss-reactive ketones (excluding diaryl/α,β-unsaturated/α-hetero) is 1. The van der Waals surface area contributed by atoms with Gasteiger partial charge in [-0.15, -0.1) is 0 Å². The highest BCUT2D eigenvalue weighted by Gasteiger charge is 2.24. The zero-order chi connectivity index (χ0) is 9.68. The molecule has 1 rings (SSSR count). The maximum atomic E-state index is 11.5. The molecule has 0 N–H and O–H groups in total. The SMILES string of the molecule is CCCS(=O)CC(=O)C1CCOC1. The third-order valence-electron chi connectivity index (χ3n) is 2.12. The Bertz CT molecular complexity index is 197. The van der Waals surface area contributed by atoms with E-state index in [1.54, 1.807) is 0 Å². The Morgan fingerprint density at radius 3 is 2.92 bits per heavy atom. The van der Waals surface area contributed by atoms with Crippen LogP contribution in [0.15, 0.2) is 0 Å². The molecular formula is C9H16O3S. The van der Waals surface area contributed by atoms with Crippen LogP contribution in [0, 0.1) is 5.92 Å². The second-order valence-corrected chi connectivity index (χ2v) is 4.89. The van der Waals surface area contributed by atoms with Crippen LogP contribution >= 0.6 is 0 Å². The van der Waals surface area contributed by atoms with Crippen molar-refractivity contribution in [2.24, 2.45) is 5.92 Å². The first kappa shape index (κ1) is 10.9. The van der Waals surface area contributed by atoms with Crippen LogP contribution in [-0.4, -0.2) is 34.7 Å². The lowest BCUT2D eigenvalue weighted by Crippen LogP contribution is -2.22.